The van der Waals surface area contributed by atoms with Gasteiger partial charge in [0.1, 0.15) is 5.76 Å². The van der Waals surface area contributed by atoms with Crippen molar-refractivity contribution >= 4 is 5.91 Å². The van der Waals surface area contributed by atoms with Crippen LogP contribution < -0.4 is 10.6 Å². The molecule has 132 valence electrons. The van der Waals surface area contributed by atoms with E-state index in [1.165, 1.54) is 5.56 Å². The van der Waals surface area contributed by atoms with Gasteiger partial charge in [0.2, 0.25) is 0 Å². The average Bonchev–Trinajstić information content (AvgIpc) is 3.38. The lowest BCUT2D eigenvalue weighted by atomic mass is 9.85. The van der Waals surface area contributed by atoms with Gasteiger partial charge in [-0.3, -0.25) is 4.79 Å². The fourth-order valence-electron chi connectivity index (χ4n) is 3.60. The van der Waals surface area contributed by atoms with E-state index in [1.807, 2.05) is 6.07 Å². The predicted octanol–water partition coefficient (Wildman–Crippen LogP) is 3.33. The van der Waals surface area contributed by atoms with Gasteiger partial charge in [-0.25, -0.2) is 0 Å². The van der Waals surface area contributed by atoms with E-state index in [1.54, 1.807) is 0 Å². The van der Waals surface area contributed by atoms with E-state index in [0.29, 0.717) is 17.5 Å². The molecule has 0 radical (unpaired) electrons. The van der Waals surface area contributed by atoms with E-state index in [4.69, 9.17) is 4.52 Å². The van der Waals surface area contributed by atoms with E-state index in [0.717, 1.165) is 50.1 Å². The maximum absolute atomic E-state index is 12.7. The molecule has 2 fully saturated rings. The van der Waals surface area contributed by atoms with Gasteiger partial charge in [-0.15, -0.1) is 0 Å². The summed E-state index contributed by atoms with van der Waals surface area (Å²) in [5.74, 6) is 1.60. The minimum atomic E-state index is -0.139. The van der Waals surface area contributed by atoms with Gasteiger partial charge in [-0.1, -0.05) is 35.0 Å². The third-order valence-electron chi connectivity index (χ3n) is 5.32. The quantitative estimate of drug-likeness (QED) is 0.877. The Morgan fingerprint density at radius 1 is 1.20 bits per heavy atom. The molecule has 1 atom stereocenters. The molecule has 1 unspecified atom stereocenters. The first-order valence-corrected chi connectivity index (χ1v) is 9.25. The number of benzene rings is 1. The first kappa shape index (κ1) is 16.3. The Balaban J connectivity index is 1.53. The Labute approximate surface area is 148 Å². The molecule has 5 heteroatoms. The minimum Gasteiger partial charge on any atom is -0.360 e. The number of carbonyl (C=O) groups excluding carboxylic acids is 1. The van der Waals surface area contributed by atoms with Crippen LogP contribution in [0.1, 0.15) is 65.0 Å². The van der Waals surface area contributed by atoms with Gasteiger partial charge in [0, 0.05) is 12.0 Å². The maximum atomic E-state index is 12.7. The summed E-state index contributed by atoms with van der Waals surface area (Å²) < 4.78 is 5.34. The SMILES string of the molecule is Cc1ccc(C(NC(=O)c2cc(C3CC3)on2)C2CCNCC2)cc1. The first-order valence-electron chi connectivity index (χ1n) is 9.25. The fraction of sp³-hybridized carbons (Fsp3) is 0.500. The number of aryl methyl sites for hydroxylation is 1. The van der Waals surface area contributed by atoms with E-state index in [2.05, 4.69) is 47.0 Å². The highest BCUT2D eigenvalue weighted by molar-refractivity contribution is 5.92. The van der Waals surface area contributed by atoms with E-state index < -0.39 is 0 Å². The molecule has 4 rings (SSSR count). The molecular weight excluding hydrogens is 314 g/mol. The smallest absolute Gasteiger partial charge is 0.273 e. The topological polar surface area (TPSA) is 67.2 Å². The van der Waals surface area contributed by atoms with Crippen molar-refractivity contribution in [1.29, 1.82) is 0 Å². The molecule has 1 aromatic heterocycles. The molecule has 2 N–H and O–H groups in total. The molecule has 1 saturated carbocycles. The van der Waals surface area contributed by atoms with Gasteiger partial charge in [0.15, 0.2) is 5.69 Å². The van der Waals surface area contributed by atoms with Crippen molar-refractivity contribution < 1.29 is 9.32 Å². The summed E-state index contributed by atoms with van der Waals surface area (Å²) in [6.07, 6.45) is 4.39. The Kier molecular flexibility index (Phi) is 4.57. The van der Waals surface area contributed by atoms with Crippen LogP contribution in [0.5, 0.6) is 0 Å². The zero-order valence-corrected chi connectivity index (χ0v) is 14.6. The summed E-state index contributed by atoms with van der Waals surface area (Å²) in [5, 5.41) is 10.6. The van der Waals surface area contributed by atoms with Crippen molar-refractivity contribution in [3.05, 3.63) is 52.9 Å². The average molecular weight is 339 g/mol. The van der Waals surface area contributed by atoms with Crippen molar-refractivity contribution in [2.45, 2.75) is 44.6 Å². The zero-order valence-electron chi connectivity index (χ0n) is 14.6. The Morgan fingerprint density at radius 3 is 2.60 bits per heavy atom. The van der Waals surface area contributed by atoms with Gasteiger partial charge < -0.3 is 15.2 Å². The molecule has 5 nitrogen and oxygen atoms in total. The highest BCUT2D eigenvalue weighted by Crippen LogP contribution is 2.40. The number of piperidine rings is 1. The number of amides is 1. The van der Waals surface area contributed by atoms with Gasteiger partial charge in [-0.2, -0.15) is 0 Å². The maximum Gasteiger partial charge on any atom is 0.273 e. The van der Waals surface area contributed by atoms with Gasteiger partial charge in [-0.05, 0) is 57.2 Å². The lowest BCUT2D eigenvalue weighted by molar-refractivity contribution is 0.0905. The van der Waals surface area contributed by atoms with Crippen LogP contribution in [0.25, 0.3) is 0 Å². The Bertz CT molecular complexity index is 728. The molecule has 1 aromatic carbocycles. The van der Waals surface area contributed by atoms with Crippen molar-refractivity contribution in [2.75, 3.05) is 13.1 Å². The molecule has 25 heavy (non-hydrogen) atoms. The number of carbonyl (C=O) groups is 1. The molecule has 2 aliphatic rings. The molecule has 2 heterocycles. The van der Waals surface area contributed by atoms with Crippen LogP contribution in [0.3, 0.4) is 0 Å². The highest BCUT2D eigenvalue weighted by Gasteiger charge is 2.31. The van der Waals surface area contributed by atoms with Crippen molar-refractivity contribution in [3.63, 3.8) is 0 Å². The van der Waals surface area contributed by atoms with Crippen LogP contribution in [0.4, 0.5) is 0 Å². The van der Waals surface area contributed by atoms with Crippen LogP contribution >= 0.6 is 0 Å². The molecule has 0 bridgehead atoms. The van der Waals surface area contributed by atoms with Crippen LogP contribution in [-0.4, -0.2) is 24.2 Å². The molecule has 2 aromatic rings. The normalized spacial score (nSPS) is 19.6. The number of rotatable bonds is 5. The number of hydrogen-bond acceptors (Lipinski definition) is 4. The molecule has 0 spiro atoms. The van der Waals surface area contributed by atoms with Crippen molar-refractivity contribution in [3.8, 4) is 0 Å². The van der Waals surface area contributed by atoms with Crippen LogP contribution in [0.15, 0.2) is 34.9 Å². The third kappa shape index (κ3) is 3.76. The molecule has 1 aliphatic carbocycles. The summed E-state index contributed by atoms with van der Waals surface area (Å²) in [7, 11) is 0. The third-order valence-corrected chi connectivity index (χ3v) is 5.32. The summed E-state index contributed by atoms with van der Waals surface area (Å²) in [4.78, 5) is 12.7. The van der Waals surface area contributed by atoms with E-state index in [9.17, 15) is 4.79 Å². The zero-order chi connectivity index (χ0) is 17.2. The molecule has 1 amide bonds. The monoisotopic (exact) mass is 339 g/mol. The first-order chi connectivity index (χ1) is 12.2. The summed E-state index contributed by atoms with van der Waals surface area (Å²) in [5.41, 5.74) is 2.79. The summed E-state index contributed by atoms with van der Waals surface area (Å²) in [6.45, 7) is 4.08. The Hall–Kier alpha value is -2.14. The second-order valence-corrected chi connectivity index (χ2v) is 7.34. The Morgan fingerprint density at radius 2 is 1.92 bits per heavy atom. The van der Waals surface area contributed by atoms with E-state index >= 15 is 0 Å². The van der Waals surface area contributed by atoms with Crippen LogP contribution in [0.2, 0.25) is 0 Å². The lowest BCUT2D eigenvalue weighted by Gasteiger charge is -2.31. The number of aromatic nitrogens is 1. The van der Waals surface area contributed by atoms with Crippen molar-refractivity contribution in [2.24, 2.45) is 5.92 Å². The standard InChI is InChI=1S/C20H25N3O2/c1-13-2-4-15(5-3-13)19(16-8-10-21-11-9-16)22-20(24)17-12-18(25-23-17)14-6-7-14/h2-5,12,14,16,19,21H,6-11H2,1H3,(H,22,24). The predicted molar refractivity (Wildman–Crippen MR) is 95.5 cm³/mol. The van der Waals surface area contributed by atoms with Gasteiger partial charge in [0.25, 0.3) is 5.91 Å². The molecule has 1 aliphatic heterocycles. The van der Waals surface area contributed by atoms with Crippen molar-refractivity contribution in [1.82, 2.24) is 15.8 Å². The van der Waals surface area contributed by atoms with Crippen LogP contribution in [-0.2, 0) is 0 Å². The number of nitrogens with zero attached hydrogens (tertiary/aromatic N) is 1. The van der Waals surface area contributed by atoms with E-state index in [-0.39, 0.29) is 11.9 Å². The minimum absolute atomic E-state index is 0.0104. The lowest BCUT2D eigenvalue weighted by Crippen LogP contribution is -2.39. The number of nitrogens with one attached hydrogen (secondary N) is 2. The van der Waals surface area contributed by atoms with Crippen LogP contribution in [0, 0.1) is 12.8 Å². The summed E-state index contributed by atoms with van der Waals surface area (Å²) >= 11 is 0. The molecular formula is C20H25N3O2. The summed E-state index contributed by atoms with van der Waals surface area (Å²) in [6, 6.07) is 10.3. The van der Waals surface area contributed by atoms with Gasteiger partial charge >= 0.3 is 0 Å². The largest absolute Gasteiger partial charge is 0.360 e. The fourth-order valence-corrected chi connectivity index (χ4v) is 3.60. The second-order valence-electron chi connectivity index (χ2n) is 7.34. The molecule has 1 saturated heterocycles. The second kappa shape index (κ2) is 7.00. The van der Waals surface area contributed by atoms with Gasteiger partial charge in [0.05, 0.1) is 6.04 Å². The highest BCUT2D eigenvalue weighted by atomic mass is 16.5. The number of hydrogen-bond donors (Lipinski definition) is 2.